The molecule has 2 aromatic rings. The van der Waals surface area contributed by atoms with Gasteiger partial charge in [-0.25, -0.2) is 0 Å². The predicted molar refractivity (Wildman–Crippen MR) is 87.7 cm³/mol. The minimum Gasteiger partial charge on any atom is -0.405 e. The lowest BCUT2D eigenvalue weighted by atomic mass is 10.00. The molecule has 1 aliphatic rings. The molecule has 6 heteroatoms. The highest BCUT2D eigenvalue weighted by molar-refractivity contribution is 5.92. The summed E-state index contributed by atoms with van der Waals surface area (Å²) in [6.45, 7) is 1.08. The second kappa shape index (κ2) is 7.01. The van der Waals surface area contributed by atoms with Crippen molar-refractivity contribution in [2.75, 3.05) is 6.54 Å². The third-order valence-electron chi connectivity index (χ3n) is 3.99. The number of alkyl halides is 3. The summed E-state index contributed by atoms with van der Waals surface area (Å²) >= 11 is 0. The zero-order chi connectivity index (χ0) is 17.9. The molecule has 0 aliphatic carbocycles. The van der Waals surface area contributed by atoms with Gasteiger partial charge in [0.15, 0.2) is 0 Å². The Bertz CT molecular complexity index is 799. The van der Waals surface area contributed by atoms with Crippen LogP contribution in [0.25, 0.3) is 6.08 Å². The first-order chi connectivity index (χ1) is 11.9. The number of nitrogens with zero attached hydrogens (tertiary/aromatic N) is 1. The maximum atomic E-state index is 12.4. The third kappa shape index (κ3) is 4.41. The molecule has 130 valence electrons. The van der Waals surface area contributed by atoms with E-state index in [0.29, 0.717) is 13.1 Å². The van der Waals surface area contributed by atoms with Crippen molar-refractivity contribution in [2.24, 2.45) is 0 Å². The van der Waals surface area contributed by atoms with Gasteiger partial charge in [0, 0.05) is 24.7 Å². The molecule has 2 aromatic carbocycles. The van der Waals surface area contributed by atoms with E-state index < -0.39 is 6.36 Å². The minimum atomic E-state index is -4.77. The van der Waals surface area contributed by atoms with Crippen molar-refractivity contribution in [3.63, 3.8) is 0 Å². The second-order valence-electron chi connectivity index (χ2n) is 5.70. The van der Waals surface area contributed by atoms with E-state index in [4.69, 9.17) is 0 Å². The van der Waals surface area contributed by atoms with Crippen molar-refractivity contribution < 1.29 is 22.7 Å². The van der Waals surface area contributed by atoms with E-state index in [9.17, 15) is 18.0 Å². The van der Waals surface area contributed by atoms with Gasteiger partial charge >= 0.3 is 6.36 Å². The van der Waals surface area contributed by atoms with Crippen LogP contribution in [0.3, 0.4) is 0 Å². The average molecular weight is 347 g/mol. The number of halogens is 3. The van der Waals surface area contributed by atoms with E-state index in [1.54, 1.807) is 11.0 Å². The molecular weight excluding hydrogens is 331 g/mol. The van der Waals surface area contributed by atoms with Crippen molar-refractivity contribution in [1.82, 2.24) is 4.90 Å². The number of hydrogen-bond acceptors (Lipinski definition) is 2. The summed E-state index contributed by atoms with van der Waals surface area (Å²) in [4.78, 5) is 14.0. The quantitative estimate of drug-likeness (QED) is 0.780. The molecule has 0 saturated carbocycles. The highest BCUT2D eigenvalue weighted by Crippen LogP contribution is 2.27. The van der Waals surface area contributed by atoms with Crippen LogP contribution >= 0.6 is 0 Å². The van der Waals surface area contributed by atoms with Gasteiger partial charge in [0.05, 0.1) is 0 Å². The number of rotatable bonds is 3. The van der Waals surface area contributed by atoms with Crippen LogP contribution < -0.4 is 4.74 Å². The molecule has 25 heavy (non-hydrogen) atoms. The molecule has 0 atom stereocenters. The van der Waals surface area contributed by atoms with Crippen LogP contribution in [0.5, 0.6) is 5.75 Å². The molecule has 0 saturated heterocycles. The van der Waals surface area contributed by atoms with Crippen LogP contribution in [0.4, 0.5) is 13.2 Å². The summed E-state index contributed by atoms with van der Waals surface area (Å²) in [7, 11) is 0. The van der Waals surface area contributed by atoms with Gasteiger partial charge in [-0.15, -0.1) is 13.2 Å². The molecule has 0 aromatic heterocycles. The highest BCUT2D eigenvalue weighted by atomic mass is 19.4. The van der Waals surface area contributed by atoms with Gasteiger partial charge < -0.3 is 9.64 Å². The summed E-state index contributed by atoms with van der Waals surface area (Å²) in [6, 6.07) is 13.6. The first-order valence-electron chi connectivity index (χ1n) is 7.81. The summed E-state index contributed by atoms with van der Waals surface area (Å²) in [5, 5.41) is 0. The van der Waals surface area contributed by atoms with Crippen molar-refractivity contribution >= 4 is 12.0 Å². The number of fused-ring (bicyclic) bond motifs is 1. The molecule has 3 nitrogen and oxygen atoms in total. The Kier molecular flexibility index (Phi) is 4.79. The van der Waals surface area contributed by atoms with Gasteiger partial charge in [-0.05, 0) is 29.7 Å². The molecule has 1 aliphatic heterocycles. The molecule has 1 amide bonds. The molecule has 0 N–H and O–H groups in total. The SMILES string of the molecule is O=C(/C=C/c1ccccc1OC(F)(F)F)N1CCc2ccccc2C1. The maximum Gasteiger partial charge on any atom is 0.573 e. The zero-order valence-corrected chi connectivity index (χ0v) is 13.3. The van der Waals surface area contributed by atoms with Crippen molar-refractivity contribution in [3.05, 3.63) is 71.3 Å². The van der Waals surface area contributed by atoms with Gasteiger partial charge in [-0.2, -0.15) is 0 Å². The molecule has 0 unspecified atom stereocenters. The number of ether oxygens (including phenoxy) is 1. The van der Waals surface area contributed by atoms with Crippen molar-refractivity contribution in [1.29, 1.82) is 0 Å². The van der Waals surface area contributed by atoms with Gasteiger partial charge in [0.1, 0.15) is 5.75 Å². The Balaban J connectivity index is 1.72. The summed E-state index contributed by atoms with van der Waals surface area (Å²) in [6.07, 6.45) is -1.37. The van der Waals surface area contributed by atoms with E-state index in [2.05, 4.69) is 4.74 Å². The molecular formula is C19H16F3NO2. The Morgan fingerprint density at radius 1 is 1.04 bits per heavy atom. The number of carbonyl (C=O) groups excluding carboxylic acids is 1. The molecule has 0 fully saturated rings. The van der Waals surface area contributed by atoms with Crippen LogP contribution in [0, 0.1) is 0 Å². The summed E-state index contributed by atoms with van der Waals surface area (Å²) in [5.74, 6) is -0.570. The van der Waals surface area contributed by atoms with Crippen LogP contribution in [-0.2, 0) is 17.8 Å². The lowest BCUT2D eigenvalue weighted by Crippen LogP contribution is -2.34. The third-order valence-corrected chi connectivity index (χ3v) is 3.99. The van der Waals surface area contributed by atoms with E-state index >= 15 is 0 Å². The summed E-state index contributed by atoms with van der Waals surface area (Å²) < 4.78 is 41.3. The molecule has 0 radical (unpaired) electrons. The lowest BCUT2D eigenvalue weighted by Gasteiger charge is -2.27. The first-order valence-corrected chi connectivity index (χ1v) is 7.81. The van der Waals surface area contributed by atoms with Gasteiger partial charge in [0.25, 0.3) is 0 Å². The average Bonchev–Trinajstić information content (AvgIpc) is 2.59. The fourth-order valence-corrected chi connectivity index (χ4v) is 2.79. The highest BCUT2D eigenvalue weighted by Gasteiger charge is 2.31. The predicted octanol–water partition coefficient (Wildman–Crippen LogP) is 4.18. The Morgan fingerprint density at radius 3 is 2.48 bits per heavy atom. The fraction of sp³-hybridized carbons (Fsp3) is 0.211. The monoisotopic (exact) mass is 347 g/mol. The van der Waals surface area contributed by atoms with Crippen molar-refractivity contribution in [2.45, 2.75) is 19.3 Å². The van der Waals surface area contributed by atoms with Crippen LogP contribution in [0.2, 0.25) is 0 Å². The number of amides is 1. The molecule has 3 rings (SSSR count). The van der Waals surface area contributed by atoms with E-state index in [1.807, 2.05) is 24.3 Å². The normalized spacial score (nSPS) is 14.4. The van der Waals surface area contributed by atoms with Crippen LogP contribution in [0.1, 0.15) is 16.7 Å². The smallest absolute Gasteiger partial charge is 0.405 e. The minimum absolute atomic E-state index is 0.200. The molecule has 0 bridgehead atoms. The first kappa shape index (κ1) is 17.1. The number of benzene rings is 2. The number of carbonyl (C=O) groups is 1. The van der Waals surface area contributed by atoms with E-state index in [-0.39, 0.29) is 17.2 Å². The van der Waals surface area contributed by atoms with Crippen LogP contribution in [0.15, 0.2) is 54.6 Å². The van der Waals surface area contributed by atoms with E-state index in [0.717, 1.165) is 12.0 Å². The molecule has 0 spiro atoms. The maximum absolute atomic E-state index is 12.4. The Labute approximate surface area is 143 Å². The fourth-order valence-electron chi connectivity index (χ4n) is 2.79. The standard InChI is InChI=1S/C19H16F3NO2/c20-19(21,22)25-17-8-4-3-6-15(17)9-10-18(24)23-12-11-14-5-1-2-7-16(14)13-23/h1-10H,11-13H2/b10-9+. The van der Waals surface area contributed by atoms with Gasteiger partial charge in [-0.3, -0.25) is 4.79 Å². The Hall–Kier alpha value is -2.76. The van der Waals surface area contributed by atoms with Crippen LogP contribution in [-0.4, -0.2) is 23.7 Å². The largest absolute Gasteiger partial charge is 0.573 e. The molecule has 1 heterocycles. The zero-order valence-electron chi connectivity index (χ0n) is 13.3. The number of hydrogen-bond donors (Lipinski definition) is 0. The van der Waals surface area contributed by atoms with Crippen molar-refractivity contribution in [3.8, 4) is 5.75 Å². The van der Waals surface area contributed by atoms with Gasteiger partial charge in [-0.1, -0.05) is 42.5 Å². The van der Waals surface area contributed by atoms with E-state index in [1.165, 1.54) is 35.9 Å². The second-order valence-corrected chi connectivity index (χ2v) is 5.70. The Morgan fingerprint density at radius 2 is 1.72 bits per heavy atom. The van der Waals surface area contributed by atoms with Gasteiger partial charge in [0.2, 0.25) is 5.91 Å². The lowest BCUT2D eigenvalue weighted by molar-refractivity contribution is -0.274. The summed E-state index contributed by atoms with van der Waals surface area (Å²) in [5.41, 5.74) is 2.52. The number of para-hydroxylation sites is 1. The topological polar surface area (TPSA) is 29.5 Å².